The predicted octanol–water partition coefficient (Wildman–Crippen LogP) is 6.87. The van der Waals surface area contributed by atoms with Gasteiger partial charge in [-0.3, -0.25) is 0 Å². The molecule has 35 heavy (non-hydrogen) atoms. The van der Waals surface area contributed by atoms with Gasteiger partial charge in [0.05, 0.1) is 13.2 Å². The van der Waals surface area contributed by atoms with Crippen LogP contribution in [-0.4, -0.2) is 56.5 Å². The fourth-order valence-electron chi connectivity index (χ4n) is 3.80. The fourth-order valence-corrected chi connectivity index (χ4v) is 5.05. The largest absolute Gasteiger partial charge is 0.416 e. The van der Waals surface area contributed by atoms with Gasteiger partial charge in [-0.05, 0) is 73.0 Å². The molecule has 0 aromatic heterocycles. The van der Waals surface area contributed by atoms with Gasteiger partial charge in [-0.15, -0.1) is 11.8 Å². The van der Waals surface area contributed by atoms with Crippen LogP contribution in [-0.2, 0) is 18.6 Å². The highest BCUT2D eigenvalue weighted by Gasteiger charge is 2.46. The molecule has 1 atom stereocenters. The molecule has 1 aliphatic heterocycles. The average Bonchev–Trinajstić information content (AvgIpc) is 2.70. The first-order chi connectivity index (χ1) is 15.9. The van der Waals surface area contributed by atoms with Gasteiger partial charge in [-0.25, -0.2) is 4.79 Å². The minimum atomic E-state index is -2.26. The quantitative estimate of drug-likeness (QED) is 0.147. The summed E-state index contributed by atoms with van der Waals surface area (Å²) in [4.78, 5) is 14.9. The van der Waals surface area contributed by atoms with E-state index in [0.29, 0.717) is 31.8 Å². The third-order valence-electron chi connectivity index (χ3n) is 6.94. The van der Waals surface area contributed by atoms with E-state index in [1.54, 1.807) is 4.90 Å². The van der Waals surface area contributed by atoms with Crippen LogP contribution < -0.4 is 0 Å². The first-order valence-corrected chi connectivity index (χ1v) is 15.6. The fraction of sp³-hybridized carbons (Fsp3) is 0.786. The topological polar surface area (TPSA) is 57.2 Å². The maximum atomic E-state index is 13.2. The molecule has 1 aliphatic rings. The van der Waals surface area contributed by atoms with Crippen LogP contribution in [0, 0.1) is 17.3 Å². The number of rotatable bonds is 9. The molecule has 1 fully saturated rings. The summed E-state index contributed by atoms with van der Waals surface area (Å²) in [6.45, 7) is 29.3. The highest BCUT2D eigenvalue weighted by Crippen LogP contribution is 2.43. The van der Waals surface area contributed by atoms with E-state index in [1.807, 2.05) is 48.5 Å². The van der Waals surface area contributed by atoms with Crippen molar-refractivity contribution in [2.75, 3.05) is 13.2 Å². The second kappa shape index (κ2) is 12.1. The summed E-state index contributed by atoms with van der Waals surface area (Å²) >= 11 is 0. The third kappa shape index (κ3) is 8.81. The lowest BCUT2D eigenvalue weighted by molar-refractivity contribution is -0.287. The summed E-state index contributed by atoms with van der Waals surface area (Å²) in [7, 11) is -2.26. The monoisotopic (exact) mass is 507 g/mol. The SMILES string of the molecule is C=C=C(OC(=O)N(C(C)C)C(C)C)C(CC1(CC#CC)COC(C)(C)OC1)O[Si](C)(C)C(C)(C)C. The molecule has 0 aromatic rings. The van der Waals surface area contributed by atoms with Crippen molar-refractivity contribution in [2.45, 2.75) is 124 Å². The van der Waals surface area contributed by atoms with E-state index >= 15 is 0 Å². The number of hydrogen-bond acceptors (Lipinski definition) is 5. The maximum absolute atomic E-state index is 13.2. The van der Waals surface area contributed by atoms with Gasteiger partial charge < -0.3 is 23.5 Å². The van der Waals surface area contributed by atoms with Crippen molar-refractivity contribution in [3.63, 3.8) is 0 Å². The first kappa shape index (κ1) is 31.5. The van der Waals surface area contributed by atoms with E-state index in [4.69, 9.17) is 18.6 Å². The van der Waals surface area contributed by atoms with E-state index in [-0.39, 0.29) is 17.1 Å². The third-order valence-corrected chi connectivity index (χ3v) is 11.4. The van der Waals surface area contributed by atoms with Crippen LogP contribution in [0.1, 0.15) is 82.1 Å². The Bertz CT molecular complexity index is 820. The van der Waals surface area contributed by atoms with Crippen molar-refractivity contribution >= 4 is 14.4 Å². The second-order valence-electron chi connectivity index (χ2n) is 12.2. The van der Waals surface area contributed by atoms with Gasteiger partial charge in [0.2, 0.25) is 0 Å². The lowest BCUT2D eigenvalue weighted by Gasteiger charge is -2.46. The van der Waals surface area contributed by atoms with Crippen molar-refractivity contribution in [3.8, 4) is 11.8 Å². The van der Waals surface area contributed by atoms with Gasteiger partial charge in [0, 0.05) is 23.9 Å². The zero-order chi connectivity index (χ0) is 27.2. The summed E-state index contributed by atoms with van der Waals surface area (Å²) in [6.07, 6.45) is 0.133. The van der Waals surface area contributed by atoms with E-state index in [2.05, 4.69) is 58.0 Å². The molecular weight excluding hydrogens is 458 g/mol. The van der Waals surface area contributed by atoms with Crippen molar-refractivity contribution in [1.82, 2.24) is 4.90 Å². The first-order valence-electron chi connectivity index (χ1n) is 12.7. The summed E-state index contributed by atoms with van der Waals surface area (Å²) in [5.41, 5.74) is 2.47. The van der Waals surface area contributed by atoms with Crippen LogP contribution >= 0.6 is 0 Å². The molecule has 1 saturated heterocycles. The van der Waals surface area contributed by atoms with Crippen LogP contribution in [0.3, 0.4) is 0 Å². The normalized spacial score (nSPS) is 18.3. The molecule has 1 heterocycles. The van der Waals surface area contributed by atoms with Crippen molar-refractivity contribution in [1.29, 1.82) is 0 Å². The molecule has 0 spiro atoms. The lowest BCUT2D eigenvalue weighted by atomic mass is 9.79. The molecule has 0 bridgehead atoms. The molecule has 0 saturated carbocycles. The number of nitrogens with zero attached hydrogens (tertiary/aromatic N) is 1. The molecule has 0 N–H and O–H groups in total. The molecule has 1 amide bonds. The Morgan fingerprint density at radius 1 is 1.11 bits per heavy atom. The van der Waals surface area contributed by atoms with Gasteiger partial charge in [0.15, 0.2) is 19.9 Å². The molecular formula is C28H49NO5Si. The number of ether oxygens (including phenoxy) is 3. The number of carbonyl (C=O) groups is 1. The Morgan fingerprint density at radius 3 is 2.03 bits per heavy atom. The number of amides is 1. The van der Waals surface area contributed by atoms with Crippen molar-refractivity contribution in [3.05, 3.63) is 18.1 Å². The average molecular weight is 508 g/mol. The van der Waals surface area contributed by atoms with E-state index in [0.717, 1.165) is 0 Å². The lowest BCUT2D eigenvalue weighted by Crippen LogP contribution is -2.51. The molecule has 1 unspecified atom stereocenters. The standard InChI is InChI=1S/C28H49NO5Si/c1-14-16-17-28(19-31-27(10,11)32-20-28)18-24(34-35(12,13)26(7,8)9)23(15-2)33-25(30)29(21(3)4)22(5)6/h21-22,24H,2,17-20H2,1,3-13H3. The Balaban J connectivity index is 3.42. The Hall–Kier alpha value is -1.55. The highest BCUT2D eigenvalue weighted by molar-refractivity contribution is 6.74. The Labute approximate surface area is 215 Å². The number of carbonyl (C=O) groups excluding carboxylic acids is 1. The molecule has 0 radical (unpaired) electrons. The van der Waals surface area contributed by atoms with Crippen LogP contribution in [0.2, 0.25) is 18.1 Å². The molecule has 6 nitrogen and oxygen atoms in total. The van der Waals surface area contributed by atoms with Gasteiger partial charge in [0.25, 0.3) is 0 Å². The van der Waals surface area contributed by atoms with Crippen LogP contribution in [0.5, 0.6) is 0 Å². The van der Waals surface area contributed by atoms with Crippen LogP contribution in [0.25, 0.3) is 0 Å². The van der Waals surface area contributed by atoms with Crippen molar-refractivity contribution < 1.29 is 23.4 Å². The van der Waals surface area contributed by atoms with E-state index < -0.39 is 31.7 Å². The summed E-state index contributed by atoms with van der Waals surface area (Å²) < 4.78 is 25.0. The summed E-state index contributed by atoms with van der Waals surface area (Å²) in [5.74, 6) is 5.87. The van der Waals surface area contributed by atoms with E-state index in [9.17, 15) is 4.79 Å². The maximum Gasteiger partial charge on any atom is 0.416 e. The molecule has 7 heteroatoms. The Kier molecular flexibility index (Phi) is 10.9. The predicted molar refractivity (Wildman–Crippen MR) is 144 cm³/mol. The highest BCUT2D eigenvalue weighted by atomic mass is 28.4. The zero-order valence-electron chi connectivity index (χ0n) is 24.3. The molecule has 1 rings (SSSR count). The van der Waals surface area contributed by atoms with Crippen LogP contribution in [0.15, 0.2) is 18.1 Å². The number of hydrogen-bond donors (Lipinski definition) is 0. The van der Waals surface area contributed by atoms with Crippen molar-refractivity contribution in [2.24, 2.45) is 5.41 Å². The molecule has 0 aromatic carbocycles. The molecule has 0 aliphatic carbocycles. The smallest absolute Gasteiger partial charge is 0.406 e. The summed E-state index contributed by atoms with van der Waals surface area (Å²) in [5, 5.41) is -0.0403. The van der Waals surface area contributed by atoms with Crippen LogP contribution in [0.4, 0.5) is 4.79 Å². The van der Waals surface area contributed by atoms with E-state index in [1.165, 1.54) is 0 Å². The minimum Gasteiger partial charge on any atom is -0.406 e. The Morgan fingerprint density at radius 2 is 1.63 bits per heavy atom. The van der Waals surface area contributed by atoms with Gasteiger partial charge in [0.1, 0.15) is 6.10 Å². The minimum absolute atomic E-state index is 0.0122. The van der Waals surface area contributed by atoms with Gasteiger partial charge in [-0.1, -0.05) is 33.1 Å². The zero-order valence-corrected chi connectivity index (χ0v) is 25.3. The van der Waals surface area contributed by atoms with Gasteiger partial charge >= 0.3 is 6.09 Å². The second-order valence-corrected chi connectivity index (χ2v) is 16.9. The van der Waals surface area contributed by atoms with Gasteiger partial charge in [-0.2, -0.15) is 0 Å². The summed E-state index contributed by atoms with van der Waals surface area (Å²) in [6, 6.07) is -0.0243. The molecule has 200 valence electrons.